The molecule has 0 unspecified atom stereocenters. The molecule has 1 aromatic rings. The molecular weight excluding hydrogens is 168 g/mol. The minimum atomic E-state index is 0.261. The summed E-state index contributed by atoms with van der Waals surface area (Å²) in [7, 11) is 3.22. The van der Waals surface area contributed by atoms with Gasteiger partial charge < -0.3 is 14.6 Å². The normalized spacial score (nSPS) is 10.3. The van der Waals surface area contributed by atoms with Crippen LogP contribution in [0, 0.1) is 0 Å². The lowest BCUT2D eigenvalue weighted by Gasteiger charge is -2.05. The monoisotopic (exact) mass is 182 g/mol. The summed E-state index contributed by atoms with van der Waals surface area (Å²) in [6, 6.07) is 5.45. The highest BCUT2D eigenvalue weighted by atomic mass is 16.5. The highest BCUT2D eigenvalue weighted by Gasteiger charge is 2.01. The van der Waals surface area contributed by atoms with Crippen molar-refractivity contribution >= 4 is 0 Å². The summed E-state index contributed by atoms with van der Waals surface area (Å²) < 4.78 is 9.86. The van der Waals surface area contributed by atoms with Crippen LogP contribution in [-0.2, 0) is 22.7 Å². The Morgan fingerprint density at radius 1 is 1.15 bits per heavy atom. The highest BCUT2D eigenvalue weighted by molar-refractivity contribution is 5.35. The fraction of sp³-hybridized carbons (Fsp3) is 0.400. The zero-order valence-electron chi connectivity index (χ0n) is 7.91. The molecule has 1 aromatic carbocycles. The second-order valence-corrected chi connectivity index (χ2v) is 2.83. The fourth-order valence-electron chi connectivity index (χ4n) is 1.14. The molecule has 0 radical (unpaired) electrons. The summed E-state index contributed by atoms with van der Waals surface area (Å²) in [6.45, 7) is 0.944. The van der Waals surface area contributed by atoms with Crippen LogP contribution in [0.5, 0.6) is 5.75 Å². The highest BCUT2D eigenvalue weighted by Crippen LogP contribution is 2.19. The number of aromatic hydroxyl groups is 1. The Bertz CT molecular complexity index is 271. The number of methoxy groups -OCH3 is 2. The van der Waals surface area contributed by atoms with Crippen LogP contribution >= 0.6 is 0 Å². The second-order valence-electron chi connectivity index (χ2n) is 2.83. The smallest absolute Gasteiger partial charge is 0.121 e. The van der Waals surface area contributed by atoms with Crippen LogP contribution in [0.3, 0.4) is 0 Å². The molecule has 0 saturated carbocycles. The van der Waals surface area contributed by atoms with Crippen LogP contribution in [0.1, 0.15) is 11.1 Å². The SMILES string of the molecule is COCc1ccc(COC)c(O)c1. The van der Waals surface area contributed by atoms with Crippen molar-refractivity contribution in [3.8, 4) is 5.75 Å². The number of phenols is 1. The van der Waals surface area contributed by atoms with Crippen molar-refractivity contribution in [2.75, 3.05) is 14.2 Å². The van der Waals surface area contributed by atoms with Gasteiger partial charge >= 0.3 is 0 Å². The number of hydrogen-bond acceptors (Lipinski definition) is 3. The van der Waals surface area contributed by atoms with E-state index in [1.807, 2.05) is 12.1 Å². The number of rotatable bonds is 4. The van der Waals surface area contributed by atoms with Crippen molar-refractivity contribution in [2.45, 2.75) is 13.2 Å². The molecule has 0 amide bonds. The van der Waals surface area contributed by atoms with Gasteiger partial charge in [-0.05, 0) is 11.6 Å². The van der Waals surface area contributed by atoms with Gasteiger partial charge in [0.25, 0.3) is 0 Å². The predicted octanol–water partition coefficient (Wildman–Crippen LogP) is 1.68. The third kappa shape index (κ3) is 2.72. The van der Waals surface area contributed by atoms with Crippen LogP contribution in [-0.4, -0.2) is 19.3 Å². The first-order valence-electron chi connectivity index (χ1n) is 4.06. The Morgan fingerprint density at radius 3 is 2.38 bits per heavy atom. The van der Waals surface area contributed by atoms with Crippen molar-refractivity contribution in [1.29, 1.82) is 0 Å². The zero-order valence-corrected chi connectivity index (χ0v) is 7.91. The topological polar surface area (TPSA) is 38.7 Å². The molecule has 1 N–H and O–H groups in total. The minimum absolute atomic E-state index is 0.261. The molecule has 0 atom stereocenters. The van der Waals surface area contributed by atoms with Crippen LogP contribution in [0.2, 0.25) is 0 Å². The van der Waals surface area contributed by atoms with E-state index in [9.17, 15) is 5.11 Å². The molecule has 72 valence electrons. The quantitative estimate of drug-likeness (QED) is 0.770. The summed E-state index contributed by atoms with van der Waals surface area (Å²) in [4.78, 5) is 0. The lowest BCUT2D eigenvalue weighted by atomic mass is 10.1. The standard InChI is InChI=1S/C10H14O3/c1-12-6-8-3-4-9(7-13-2)10(11)5-8/h3-5,11H,6-7H2,1-2H3. The van der Waals surface area contributed by atoms with Gasteiger partial charge in [-0.2, -0.15) is 0 Å². The summed E-state index contributed by atoms with van der Waals surface area (Å²) in [5, 5.41) is 9.51. The third-order valence-corrected chi connectivity index (χ3v) is 1.76. The summed E-state index contributed by atoms with van der Waals surface area (Å²) in [5.41, 5.74) is 1.75. The molecule has 13 heavy (non-hydrogen) atoms. The van der Waals surface area contributed by atoms with Gasteiger partial charge in [0.05, 0.1) is 13.2 Å². The largest absolute Gasteiger partial charge is 0.508 e. The lowest BCUT2D eigenvalue weighted by molar-refractivity contribution is 0.179. The summed E-state index contributed by atoms with van der Waals surface area (Å²) in [5.74, 6) is 0.261. The van der Waals surface area contributed by atoms with Crippen LogP contribution < -0.4 is 0 Å². The maximum Gasteiger partial charge on any atom is 0.121 e. The fourth-order valence-corrected chi connectivity index (χ4v) is 1.14. The first-order chi connectivity index (χ1) is 6.27. The summed E-state index contributed by atoms with van der Waals surface area (Å²) in [6.07, 6.45) is 0. The maximum atomic E-state index is 9.51. The molecule has 0 aromatic heterocycles. The van der Waals surface area contributed by atoms with Gasteiger partial charge in [-0.25, -0.2) is 0 Å². The molecule has 3 nitrogen and oxygen atoms in total. The Kier molecular flexibility index (Phi) is 3.73. The number of phenolic OH excluding ortho intramolecular Hbond substituents is 1. The molecular formula is C10H14O3. The third-order valence-electron chi connectivity index (χ3n) is 1.76. The van der Waals surface area contributed by atoms with Crippen molar-refractivity contribution in [3.05, 3.63) is 29.3 Å². The van der Waals surface area contributed by atoms with Gasteiger partial charge in [0.15, 0.2) is 0 Å². The Labute approximate surface area is 77.9 Å². The van der Waals surface area contributed by atoms with E-state index in [0.717, 1.165) is 11.1 Å². The van der Waals surface area contributed by atoms with Gasteiger partial charge in [-0.3, -0.25) is 0 Å². The lowest BCUT2D eigenvalue weighted by Crippen LogP contribution is -1.91. The average Bonchev–Trinajstić information content (AvgIpc) is 2.10. The van der Waals surface area contributed by atoms with Gasteiger partial charge in [0, 0.05) is 19.8 Å². The van der Waals surface area contributed by atoms with Crippen molar-refractivity contribution < 1.29 is 14.6 Å². The van der Waals surface area contributed by atoms with E-state index in [1.54, 1.807) is 20.3 Å². The molecule has 0 fully saturated rings. The van der Waals surface area contributed by atoms with Gasteiger partial charge in [-0.15, -0.1) is 0 Å². The van der Waals surface area contributed by atoms with E-state index in [-0.39, 0.29) is 5.75 Å². The first kappa shape index (κ1) is 10.0. The van der Waals surface area contributed by atoms with Gasteiger partial charge in [-0.1, -0.05) is 12.1 Å². The van der Waals surface area contributed by atoms with E-state index in [1.165, 1.54) is 0 Å². The van der Waals surface area contributed by atoms with E-state index in [2.05, 4.69) is 0 Å². The van der Waals surface area contributed by atoms with Gasteiger partial charge in [0.1, 0.15) is 5.75 Å². The zero-order chi connectivity index (χ0) is 9.68. The van der Waals surface area contributed by atoms with Crippen LogP contribution in [0.25, 0.3) is 0 Å². The van der Waals surface area contributed by atoms with Crippen molar-refractivity contribution in [2.24, 2.45) is 0 Å². The van der Waals surface area contributed by atoms with Crippen LogP contribution in [0.4, 0.5) is 0 Å². The molecule has 3 heteroatoms. The molecule has 0 aliphatic heterocycles. The molecule has 0 aliphatic carbocycles. The maximum absolute atomic E-state index is 9.51. The van der Waals surface area contributed by atoms with E-state index < -0.39 is 0 Å². The molecule has 0 spiro atoms. The number of ether oxygens (including phenoxy) is 2. The number of benzene rings is 1. The predicted molar refractivity (Wildman–Crippen MR) is 49.5 cm³/mol. The Hall–Kier alpha value is -1.06. The van der Waals surface area contributed by atoms with Crippen molar-refractivity contribution in [3.63, 3.8) is 0 Å². The Balaban J connectivity index is 2.79. The summed E-state index contributed by atoms with van der Waals surface area (Å²) >= 11 is 0. The average molecular weight is 182 g/mol. The Morgan fingerprint density at radius 2 is 1.85 bits per heavy atom. The molecule has 1 rings (SSSR count). The van der Waals surface area contributed by atoms with Crippen molar-refractivity contribution in [1.82, 2.24) is 0 Å². The van der Waals surface area contributed by atoms with Crippen LogP contribution in [0.15, 0.2) is 18.2 Å². The second kappa shape index (κ2) is 4.84. The number of hydrogen-bond donors (Lipinski definition) is 1. The molecule has 0 bridgehead atoms. The molecule has 0 heterocycles. The van der Waals surface area contributed by atoms with E-state index in [0.29, 0.717) is 13.2 Å². The minimum Gasteiger partial charge on any atom is -0.508 e. The first-order valence-corrected chi connectivity index (χ1v) is 4.06. The van der Waals surface area contributed by atoms with E-state index >= 15 is 0 Å². The molecule has 0 aliphatic rings. The van der Waals surface area contributed by atoms with Gasteiger partial charge in [0.2, 0.25) is 0 Å². The molecule has 0 saturated heterocycles. The van der Waals surface area contributed by atoms with E-state index in [4.69, 9.17) is 9.47 Å².